The highest BCUT2D eigenvalue weighted by atomic mass is 19.4. The SMILES string of the molecule is Fc1ccc(C(Nc2ncc(-c3nnc(C(F)F)o3)cn2)C(F)(F)F)cc1. The Morgan fingerprint density at radius 1 is 0.963 bits per heavy atom. The minimum atomic E-state index is -4.71. The van der Waals surface area contributed by atoms with E-state index in [1.165, 1.54) is 0 Å². The molecule has 3 aromatic rings. The highest BCUT2D eigenvalue weighted by molar-refractivity contribution is 5.50. The fraction of sp³-hybridized carbons (Fsp3) is 0.200. The van der Waals surface area contributed by atoms with Crippen molar-refractivity contribution in [3.05, 3.63) is 53.9 Å². The van der Waals surface area contributed by atoms with Crippen LogP contribution in [0.3, 0.4) is 0 Å². The van der Waals surface area contributed by atoms with Crippen LogP contribution in [0.1, 0.15) is 23.9 Å². The van der Waals surface area contributed by atoms with Gasteiger partial charge in [-0.1, -0.05) is 12.1 Å². The van der Waals surface area contributed by atoms with Crippen molar-refractivity contribution in [2.75, 3.05) is 5.32 Å². The lowest BCUT2D eigenvalue weighted by Gasteiger charge is -2.22. The number of aromatic nitrogens is 4. The van der Waals surface area contributed by atoms with Gasteiger partial charge in [-0.2, -0.15) is 22.0 Å². The number of rotatable bonds is 5. The molecule has 142 valence electrons. The molecule has 0 saturated carbocycles. The molecule has 1 unspecified atom stereocenters. The Morgan fingerprint density at radius 2 is 1.59 bits per heavy atom. The monoisotopic (exact) mass is 389 g/mol. The number of hydrogen-bond donors (Lipinski definition) is 1. The van der Waals surface area contributed by atoms with Crippen LogP contribution >= 0.6 is 0 Å². The van der Waals surface area contributed by atoms with Gasteiger partial charge in [-0.15, -0.1) is 10.2 Å². The highest BCUT2D eigenvalue weighted by Gasteiger charge is 2.41. The van der Waals surface area contributed by atoms with Crippen molar-refractivity contribution in [1.29, 1.82) is 0 Å². The van der Waals surface area contributed by atoms with Crippen molar-refractivity contribution < 1.29 is 30.8 Å². The van der Waals surface area contributed by atoms with Crippen LogP contribution in [0.25, 0.3) is 11.5 Å². The molecule has 2 aromatic heterocycles. The molecule has 27 heavy (non-hydrogen) atoms. The number of hydrogen-bond acceptors (Lipinski definition) is 6. The van der Waals surface area contributed by atoms with E-state index in [0.29, 0.717) is 0 Å². The van der Waals surface area contributed by atoms with Crippen molar-refractivity contribution in [2.45, 2.75) is 18.6 Å². The van der Waals surface area contributed by atoms with Crippen LogP contribution in [0.4, 0.5) is 32.3 Å². The second kappa shape index (κ2) is 7.21. The molecule has 12 heteroatoms. The van der Waals surface area contributed by atoms with Crippen LogP contribution in [0.5, 0.6) is 0 Å². The molecule has 0 aliphatic carbocycles. The first-order valence-electron chi connectivity index (χ1n) is 7.26. The Bertz CT molecular complexity index is 894. The number of alkyl halides is 5. The first-order valence-corrected chi connectivity index (χ1v) is 7.26. The largest absolute Gasteiger partial charge is 0.415 e. The van der Waals surface area contributed by atoms with E-state index < -0.39 is 30.4 Å². The van der Waals surface area contributed by atoms with Gasteiger partial charge in [0.25, 0.3) is 11.8 Å². The maximum Gasteiger partial charge on any atom is 0.412 e. The molecular formula is C15H9F6N5O. The molecule has 1 aromatic carbocycles. The number of halogens is 6. The van der Waals surface area contributed by atoms with Crippen LogP contribution in [-0.2, 0) is 0 Å². The van der Waals surface area contributed by atoms with E-state index in [-0.39, 0.29) is 23.0 Å². The number of benzene rings is 1. The molecule has 1 atom stereocenters. The molecule has 0 aliphatic rings. The lowest BCUT2D eigenvalue weighted by Crippen LogP contribution is -2.28. The average molecular weight is 389 g/mol. The van der Waals surface area contributed by atoms with Crippen LogP contribution in [-0.4, -0.2) is 26.3 Å². The molecule has 0 bridgehead atoms. The molecular weight excluding hydrogens is 380 g/mol. The van der Waals surface area contributed by atoms with Crippen molar-refractivity contribution in [1.82, 2.24) is 20.2 Å². The third-order valence-corrected chi connectivity index (χ3v) is 3.33. The topological polar surface area (TPSA) is 76.7 Å². The lowest BCUT2D eigenvalue weighted by molar-refractivity contribution is -0.144. The second-order valence-electron chi connectivity index (χ2n) is 5.21. The summed E-state index contributed by atoms with van der Waals surface area (Å²) in [5, 5.41) is 8.61. The van der Waals surface area contributed by atoms with Gasteiger partial charge in [0.15, 0.2) is 6.04 Å². The standard InChI is InChI=1S/C15H9F6N5O/c16-9-3-1-7(2-4-9)10(15(19,20)21)24-14-22-5-8(6-23-14)12-25-26-13(27-12)11(17)18/h1-6,10-11H,(H,22,23,24). The number of anilines is 1. The van der Waals surface area contributed by atoms with E-state index in [1.54, 1.807) is 0 Å². The van der Waals surface area contributed by atoms with Gasteiger partial charge < -0.3 is 9.73 Å². The zero-order valence-corrected chi connectivity index (χ0v) is 13.1. The minimum Gasteiger partial charge on any atom is -0.415 e. The van der Waals surface area contributed by atoms with Gasteiger partial charge in [0.05, 0.1) is 5.56 Å². The molecule has 0 spiro atoms. The zero-order valence-electron chi connectivity index (χ0n) is 13.1. The first-order chi connectivity index (χ1) is 12.7. The zero-order chi connectivity index (χ0) is 19.6. The van der Waals surface area contributed by atoms with Crippen molar-refractivity contribution in [2.24, 2.45) is 0 Å². The normalized spacial score (nSPS) is 13.0. The number of nitrogens with zero attached hydrogens (tertiary/aromatic N) is 4. The first kappa shape index (κ1) is 18.6. The Labute approximate surface area is 147 Å². The molecule has 0 radical (unpaired) electrons. The van der Waals surface area contributed by atoms with Crippen LogP contribution in [0, 0.1) is 5.82 Å². The Kier molecular flexibility index (Phi) is 4.97. The lowest BCUT2D eigenvalue weighted by atomic mass is 10.1. The van der Waals surface area contributed by atoms with E-state index in [0.717, 1.165) is 36.7 Å². The van der Waals surface area contributed by atoms with Gasteiger partial charge in [-0.3, -0.25) is 0 Å². The van der Waals surface area contributed by atoms with E-state index >= 15 is 0 Å². The second-order valence-corrected chi connectivity index (χ2v) is 5.21. The summed E-state index contributed by atoms with van der Waals surface area (Å²) in [6.45, 7) is 0. The van der Waals surface area contributed by atoms with Crippen LogP contribution < -0.4 is 5.32 Å². The summed E-state index contributed by atoms with van der Waals surface area (Å²) < 4.78 is 82.4. The molecule has 2 heterocycles. The smallest absolute Gasteiger partial charge is 0.412 e. The highest BCUT2D eigenvalue weighted by Crippen LogP contribution is 2.35. The van der Waals surface area contributed by atoms with Gasteiger partial charge >= 0.3 is 12.6 Å². The Morgan fingerprint density at radius 3 is 2.11 bits per heavy atom. The van der Waals surface area contributed by atoms with E-state index in [4.69, 9.17) is 4.42 Å². The molecule has 6 nitrogen and oxygen atoms in total. The van der Waals surface area contributed by atoms with Gasteiger partial charge in [0.1, 0.15) is 5.82 Å². The fourth-order valence-corrected chi connectivity index (χ4v) is 2.09. The minimum absolute atomic E-state index is 0.0466. The van der Waals surface area contributed by atoms with E-state index in [9.17, 15) is 26.3 Å². The maximum atomic E-state index is 13.3. The van der Waals surface area contributed by atoms with Crippen LogP contribution in [0.2, 0.25) is 0 Å². The molecule has 3 rings (SSSR count). The Balaban J connectivity index is 1.81. The van der Waals surface area contributed by atoms with Crippen molar-refractivity contribution in [3.63, 3.8) is 0 Å². The average Bonchev–Trinajstić information content (AvgIpc) is 3.11. The van der Waals surface area contributed by atoms with E-state index in [2.05, 4.69) is 25.5 Å². The summed E-state index contributed by atoms with van der Waals surface area (Å²) in [4.78, 5) is 7.39. The van der Waals surface area contributed by atoms with Crippen molar-refractivity contribution in [3.8, 4) is 11.5 Å². The van der Waals surface area contributed by atoms with Crippen LogP contribution in [0.15, 0.2) is 41.1 Å². The Hall–Kier alpha value is -3.18. The maximum absolute atomic E-state index is 13.3. The van der Waals surface area contributed by atoms with Crippen molar-refractivity contribution >= 4 is 5.95 Å². The summed E-state index contributed by atoms with van der Waals surface area (Å²) in [5.41, 5.74) is -0.194. The molecule has 0 aliphatic heterocycles. The summed E-state index contributed by atoms with van der Waals surface area (Å²) in [5.74, 6) is -2.27. The fourth-order valence-electron chi connectivity index (χ4n) is 2.09. The summed E-state index contributed by atoms with van der Waals surface area (Å²) >= 11 is 0. The number of nitrogens with one attached hydrogen (secondary N) is 1. The molecule has 0 fully saturated rings. The molecule has 0 saturated heterocycles. The summed E-state index contributed by atoms with van der Waals surface area (Å²) in [6.07, 6.45) is -5.60. The quantitative estimate of drug-likeness (QED) is 0.655. The third-order valence-electron chi connectivity index (χ3n) is 3.33. The molecule has 0 amide bonds. The van der Waals surface area contributed by atoms with Gasteiger partial charge in [-0.25, -0.2) is 14.4 Å². The molecule has 1 N–H and O–H groups in total. The predicted molar refractivity (Wildman–Crippen MR) is 79.1 cm³/mol. The third kappa shape index (κ3) is 4.33. The van der Waals surface area contributed by atoms with E-state index in [1.807, 2.05) is 0 Å². The summed E-state index contributed by atoms with van der Waals surface area (Å²) in [6, 6.07) is 1.59. The predicted octanol–water partition coefficient (Wildman–Crippen LogP) is 4.32. The summed E-state index contributed by atoms with van der Waals surface area (Å²) in [7, 11) is 0. The van der Waals surface area contributed by atoms with Gasteiger partial charge in [0.2, 0.25) is 5.95 Å². The van der Waals surface area contributed by atoms with Gasteiger partial charge in [-0.05, 0) is 17.7 Å². The van der Waals surface area contributed by atoms with Gasteiger partial charge in [0, 0.05) is 12.4 Å².